The van der Waals surface area contributed by atoms with E-state index < -0.39 is 0 Å². The Morgan fingerprint density at radius 1 is 0.737 bits per heavy atom. The smallest absolute Gasteiger partial charge is 0.0250 e. The van der Waals surface area contributed by atoms with Crippen LogP contribution in [0.1, 0.15) is 77.0 Å². The van der Waals surface area contributed by atoms with E-state index in [1.807, 2.05) is 0 Å². The van der Waals surface area contributed by atoms with Gasteiger partial charge < -0.3 is 5.32 Å². The Morgan fingerprint density at radius 2 is 1.21 bits per heavy atom. The summed E-state index contributed by atoms with van der Waals surface area (Å²) in [6.45, 7) is 9.06. The monoisotopic (exact) mass is 263 g/mol. The van der Waals surface area contributed by atoms with Crippen LogP contribution in [0.25, 0.3) is 0 Å². The molecule has 0 aromatic carbocycles. The highest BCUT2D eigenvalue weighted by atomic mass is 15.0. The van der Waals surface area contributed by atoms with E-state index in [4.69, 9.17) is 0 Å². The van der Waals surface area contributed by atoms with Crippen LogP contribution >= 0.6 is 0 Å². The van der Waals surface area contributed by atoms with E-state index in [0.717, 1.165) is 19.4 Å². The molecule has 0 aliphatic carbocycles. The van der Waals surface area contributed by atoms with Gasteiger partial charge in [-0.15, -0.1) is 13.2 Å². The van der Waals surface area contributed by atoms with Crippen LogP contribution in [0.2, 0.25) is 0 Å². The first-order chi connectivity index (χ1) is 9.33. The number of hydrogen-bond acceptors (Lipinski definition) is 1. The van der Waals surface area contributed by atoms with Gasteiger partial charge in [-0.2, -0.15) is 0 Å². The fourth-order valence-electron chi connectivity index (χ4n) is 3.25. The molecule has 0 saturated carbocycles. The van der Waals surface area contributed by atoms with Crippen LogP contribution in [0.4, 0.5) is 0 Å². The zero-order chi connectivity index (χ0) is 13.8. The molecule has 0 amide bonds. The summed E-state index contributed by atoms with van der Waals surface area (Å²) in [4.78, 5) is 0. The maximum Gasteiger partial charge on any atom is 0.0250 e. The summed E-state index contributed by atoms with van der Waals surface area (Å²) in [7, 11) is 0. The average molecular weight is 263 g/mol. The fraction of sp³-hybridized carbons (Fsp3) is 0.778. The van der Waals surface area contributed by atoms with E-state index in [9.17, 15) is 0 Å². The third-order valence-electron chi connectivity index (χ3n) is 4.40. The summed E-state index contributed by atoms with van der Waals surface area (Å²) in [5.74, 6) is 0. The third-order valence-corrected chi connectivity index (χ3v) is 4.40. The minimum atomic E-state index is 0.234. The van der Waals surface area contributed by atoms with E-state index in [2.05, 4.69) is 30.6 Å². The third kappa shape index (κ3) is 6.96. The van der Waals surface area contributed by atoms with Gasteiger partial charge in [-0.3, -0.25) is 0 Å². The molecular formula is C18H33N. The Bertz CT molecular complexity index is 218. The first kappa shape index (κ1) is 16.5. The topological polar surface area (TPSA) is 12.0 Å². The van der Waals surface area contributed by atoms with Crippen LogP contribution in [0.15, 0.2) is 25.3 Å². The van der Waals surface area contributed by atoms with Gasteiger partial charge in [-0.25, -0.2) is 0 Å². The molecule has 1 nitrogen and oxygen atoms in total. The highest BCUT2D eigenvalue weighted by molar-refractivity contribution is 4.98. The molecule has 1 aliphatic heterocycles. The minimum Gasteiger partial charge on any atom is -0.311 e. The molecule has 1 heterocycles. The molecule has 1 aliphatic rings. The van der Waals surface area contributed by atoms with E-state index >= 15 is 0 Å². The van der Waals surface area contributed by atoms with Crippen molar-refractivity contribution >= 4 is 0 Å². The molecule has 0 unspecified atom stereocenters. The van der Waals surface area contributed by atoms with Crippen LogP contribution in [0.3, 0.4) is 0 Å². The van der Waals surface area contributed by atoms with Gasteiger partial charge in [0.15, 0.2) is 0 Å². The molecule has 0 atom stereocenters. The maximum absolute atomic E-state index is 3.95. The molecule has 1 rings (SSSR count). The quantitative estimate of drug-likeness (QED) is 0.671. The predicted octanol–water partition coefficient (Wildman–Crippen LogP) is 5.38. The predicted molar refractivity (Wildman–Crippen MR) is 86.5 cm³/mol. The highest BCUT2D eigenvalue weighted by Gasteiger charge is 2.25. The molecule has 0 radical (unpaired) electrons. The second-order valence-corrected chi connectivity index (χ2v) is 6.12. The van der Waals surface area contributed by atoms with Crippen LogP contribution in [-0.2, 0) is 0 Å². The van der Waals surface area contributed by atoms with Crippen molar-refractivity contribution in [2.24, 2.45) is 0 Å². The Morgan fingerprint density at radius 3 is 1.74 bits per heavy atom. The van der Waals surface area contributed by atoms with Crippen LogP contribution in [0.5, 0.6) is 0 Å². The maximum atomic E-state index is 3.95. The zero-order valence-corrected chi connectivity index (χ0v) is 12.8. The second-order valence-electron chi connectivity index (χ2n) is 6.12. The summed E-state index contributed by atoms with van der Waals surface area (Å²) in [6.07, 6.45) is 20.1. The lowest BCUT2D eigenvalue weighted by atomic mass is 9.85. The lowest BCUT2D eigenvalue weighted by Gasteiger charge is -2.34. The van der Waals surface area contributed by atoms with Gasteiger partial charge in [-0.1, -0.05) is 63.5 Å². The van der Waals surface area contributed by atoms with Crippen molar-refractivity contribution in [3.8, 4) is 0 Å². The summed E-state index contributed by atoms with van der Waals surface area (Å²) >= 11 is 0. The normalized spacial score (nSPS) is 22.5. The minimum absolute atomic E-state index is 0.234. The van der Waals surface area contributed by atoms with E-state index in [-0.39, 0.29) is 5.54 Å². The Balaban J connectivity index is 2.55. The second kappa shape index (κ2) is 10.3. The van der Waals surface area contributed by atoms with Gasteiger partial charge in [0.1, 0.15) is 0 Å². The molecule has 1 saturated heterocycles. The summed E-state index contributed by atoms with van der Waals surface area (Å²) in [5.41, 5.74) is 0.234. The summed E-state index contributed by atoms with van der Waals surface area (Å²) in [5, 5.41) is 3.83. The van der Waals surface area contributed by atoms with Gasteiger partial charge in [0.2, 0.25) is 0 Å². The number of hydrogen-bond donors (Lipinski definition) is 1. The Labute approximate surface area is 120 Å². The number of nitrogens with one attached hydrogen (secondary N) is 1. The molecule has 0 spiro atoms. The Hall–Kier alpha value is -0.560. The van der Waals surface area contributed by atoms with Gasteiger partial charge in [0.25, 0.3) is 0 Å². The van der Waals surface area contributed by atoms with Crippen molar-refractivity contribution in [1.82, 2.24) is 5.32 Å². The van der Waals surface area contributed by atoms with Crippen molar-refractivity contribution in [2.75, 3.05) is 6.54 Å². The average Bonchev–Trinajstić information content (AvgIpc) is 2.42. The fourth-order valence-corrected chi connectivity index (χ4v) is 3.25. The van der Waals surface area contributed by atoms with Crippen molar-refractivity contribution in [3.63, 3.8) is 0 Å². The molecular weight excluding hydrogens is 230 g/mol. The van der Waals surface area contributed by atoms with Crippen LogP contribution in [0, 0.1) is 0 Å². The van der Waals surface area contributed by atoms with Gasteiger partial charge in [0, 0.05) is 5.54 Å². The van der Waals surface area contributed by atoms with Gasteiger partial charge in [-0.05, 0) is 32.2 Å². The molecule has 0 bridgehead atoms. The summed E-state index contributed by atoms with van der Waals surface area (Å²) in [6, 6.07) is 0. The molecule has 1 N–H and O–H groups in total. The lowest BCUT2D eigenvalue weighted by Crippen LogP contribution is -2.45. The zero-order valence-electron chi connectivity index (χ0n) is 12.8. The van der Waals surface area contributed by atoms with E-state index in [1.54, 1.807) is 0 Å². The van der Waals surface area contributed by atoms with Gasteiger partial charge in [0.05, 0.1) is 0 Å². The largest absolute Gasteiger partial charge is 0.311 e. The molecule has 19 heavy (non-hydrogen) atoms. The molecule has 1 heteroatoms. The van der Waals surface area contributed by atoms with Gasteiger partial charge >= 0.3 is 0 Å². The van der Waals surface area contributed by atoms with E-state index in [0.29, 0.717) is 0 Å². The first-order valence-electron chi connectivity index (χ1n) is 8.30. The van der Waals surface area contributed by atoms with Crippen molar-refractivity contribution < 1.29 is 0 Å². The van der Waals surface area contributed by atoms with Crippen LogP contribution in [-0.4, -0.2) is 12.1 Å². The number of rotatable bonds is 4. The van der Waals surface area contributed by atoms with E-state index in [1.165, 1.54) is 64.2 Å². The first-order valence-corrected chi connectivity index (χ1v) is 8.30. The van der Waals surface area contributed by atoms with Crippen molar-refractivity contribution in [2.45, 2.75) is 82.6 Å². The van der Waals surface area contributed by atoms with Crippen molar-refractivity contribution in [1.29, 1.82) is 0 Å². The lowest BCUT2D eigenvalue weighted by molar-refractivity contribution is 0.293. The van der Waals surface area contributed by atoms with Crippen molar-refractivity contribution in [3.05, 3.63) is 25.3 Å². The SMILES string of the molecule is C=CCC1(CC=C)CCCCCCCCCCCN1. The standard InChI is InChI=1S/C18H33N/c1-3-14-18(15-4-2)16-12-10-8-6-5-7-9-11-13-17-19-18/h3-4,19H,1-2,5-17H2. The molecule has 110 valence electrons. The van der Waals surface area contributed by atoms with Crippen LogP contribution < -0.4 is 5.32 Å². The highest BCUT2D eigenvalue weighted by Crippen LogP contribution is 2.25. The Kier molecular flexibility index (Phi) is 8.90. The molecule has 0 aromatic heterocycles. The summed E-state index contributed by atoms with van der Waals surface area (Å²) < 4.78 is 0. The molecule has 0 aromatic rings. The molecule has 1 fully saturated rings.